The zero-order valence-corrected chi connectivity index (χ0v) is 16.2. The van der Waals surface area contributed by atoms with Crippen LogP contribution in [0.1, 0.15) is 19.8 Å². The van der Waals surface area contributed by atoms with E-state index in [1.54, 1.807) is 19.3 Å². The van der Waals surface area contributed by atoms with Crippen LogP contribution in [0.15, 0.2) is 54.2 Å². The summed E-state index contributed by atoms with van der Waals surface area (Å²) in [7, 11) is 0. The minimum atomic E-state index is -0.368. The Kier molecular flexibility index (Phi) is 6.69. The summed E-state index contributed by atoms with van der Waals surface area (Å²) in [5.41, 5.74) is 3.34. The van der Waals surface area contributed by atoms with Gasteiger partial charge in [0, 0.05) is 29.2 Å². The summed E-state index contributed by atoms with van der Waals surface area (Å²) in [6, 6.07) is 11.2. The van der Waals surface area contributed by atoms with Gasteiger partial charge in [0.2, 0.25) is 5.91 Å². The van der Waals surface area contributed by atoms with E-state index < -0.39 is 0 Å². The molecule has 0 unspecified atom stereocenters. The molecule has 0 saturated carbocycles. The van der Waals surface area contributed by atoms with Gasteiger partial charge in [-0.25, -0.2) is 4.98 Å². The van der Waals surface area contributed by atoms with E-state index in [2.05, 4.69) is 20.6 Å². The summed E-state index contributed by atoms with van der Waals surface area (Å²) in [4.78, 5) is 31.9. The zero-order chi connectivity index (χ0) is 19.8. The lowest BCUT2D eigenvalue weighted by Gasteiger charge is -2.06. The highest BCUT2D eigenvalue weighted by Crippen LogP contribution is 2.27. The molecule has 7 nitrogen and oxygen atoms in total. The summed E-state index contributed by atoms with van der Waals surface area (Å²) in [5, 5.41) is 8.73. The number of aromatic nitrogens is 2. The molecule has 0 spiro atoms. The Labute approximate surface area is 166 Å². The normalized spacial score (nSPS) is 10.3. The van der Waals surface area contributed by atoms with Crippen LogP contribution in [0.5, 0.6) is 0 Å². The van der Waals surface area contributed by atoms with E-state index in [4.69, 9.17) is 4.74 Å². The van der Waals surface area contributed by atoms with Gasteiger partial charge in [-0.15, -0.1) is 11.3 Å². The molecule has 28 heavy (non-hydrogen) atoms. The van der Waals surface area contributed by atoms with E-state index in [1.807, 2.05) is 41.8 Å². The summed E-state index contributed by atoms with van der Waals surface area (Å²) in [5.74, 6) is -0.593. The second-order valence-corrected chi connectivity index (χ2v) is 6.69. The second kappa shape index (κ2) is 9.61. The van der Waals surface area contributed by atoms with Crippen molar-refractivity contribution in [2.24, 2.45) is 0 Å². The summed E-state index contributed by atoms with van der Waals surface area (Å²) in [6.07, 6.45) is 3.62. The molecule has 0 fully saturated rings. The smallest absolute Gasteiger partial charge is 0.306 e. The van der Waals surface area contributed by atoms with Crippen LogP contribution in [0.4, 0.5) is 16.5 Å². The lowest BCUT2D eigenvalue weighted by Crippen LogP contribution is -2.14. The third-order valence-corrected chi connectivity index (χ3v) is 4.50. The summed E-state index contributed by atoms with van der Waals surface area (Å²) < 4.78 is 4.81. The number of benzene rings is 1. The number of amides is 1. The Balaban J connectivity index is 1.55. The van der Waals surface area contributed by atoms with Crippen LogP contribution in [0.25, 0.3) is 11.3 Å². The fourth-order valence-corrected chi connectivity index (χ4v) is 3.16. The molecule has 1 amide bonds. The number of nitrogens with one attached hydrogen (secondary N) is 2. The van der Waals surface area contributed by atoms with Gasteiger partial charge in [-0.3, -0.25) is 14.6 Å². The number of thiazole rings is 1. The van der Waals surface area contributed by atoms with E-state index in [1.165, 1.54) is 11.3 Å². The first-order valence-corrected chi connectivity index (χ1v) is 9.70. The van der Waals surface area contributed by atoms with E-state index in [9.17, 15) is 9.59 Å². The quantitative estimate of drug-likeness (QED) is 0.554. The Morgan fingerprint density at radius 3 is 2.64 bits per heavy atom. The predicted octanol–water partition coefficient (Wildman–Crippen LogP) is 4.23. The Morgan fingerprint density at radius 1 is 1.11 bits per heavy atom. The molecule has 0 saturated heterocycles. The highest BCUT2D eigenvalue weighted by molar-refractivity contribution is 7.14. The summed E-state index contributed by atoms with van der Waals surface area (Å²) >= 11 is 1.50. The van der Waals surface area contributed by atoms with Crippen LogP contribution < -0.4 is 10.6 Å². The van der Waals surface area contributed by atoms with Crippen molar-refractivity contribution in [3.63, 3.8) is 0 Å². The Bertz CT molecular complexity index is 926. The lowest BCUT2D eigenvalue weighted by molar-refractivity contribution is -0.144. The highest BCUT2D eigenvalue weighted by atomic mass is 32.1. The van der Waals surface area contributed by atoms with Crippen LogP contribution in [0, 0.1) is 0 Å². The first-order valence-electron chi connectivity index (χ1n) is 8.82. The second-order valence-electron chi connectivity index (χ2n) is 5.84. The van der Waals surface area contributed by atoms with Crippen molar-refractivity contribution >= 4 is 39.7 Å². The van der Waals surface area contributed by atoms with E-state index in [-0.39, 0.29) is 24.7 Å². The molecule has 3 aromatic rings. The van der Waals surface area contributed by atoms with Crippen molar-refractivity contribution in [3.05, 3.63) is 54.2 Å². The van der Waals surface area contributed by atoms with Gasteiger partial charge in [0.05, 0.1) is 30.6 Å². The molecular formula is C20H20N4O3S. The van der Waals surface area contributed by atoms with Gasteiger partial charge < -0.3 is 15.4 Å². The van der Waals surface area contributed by atoms with Crippen LogP contribution in [0.3, 0.4) is 0 Å². The molecule has 0 aliphatic carbocycles. The predicted molar refractivity (Wildman–Crippen MR) is 110 cm³/mol. The molecule has 0 atom stereocenters. The number of esters is 1. The van der Waals surface area contributed by atoms with Crippen molar-refractivity contribution in [3.8, 4) is 11.3 Å². The number of carbonyl (C=O) groups is 2. The number of ether oxygens (including phenoxy) is 1. The maximum atomic E-state index is 11.9. The van der Waals surface area contributed by atoms with Crippen molar-refractivity contribution in [2.45, 2.75) is 19.8 Å². The van der Waals surface area contributed by atoms with Gasteiger partial charge in [-0.05, 0) is 31.2 Å². The molecular weight excluding hydrogens is 376 g/mol. The SMILES string of the molecule is CCOC(=O)CCC(=O)Nc1ccc(-c2csc(Nc3cccnc3)n2)cc1. The van der Waals surface area contributed by atoms with E-state index in [0.717, 1.165) is 22.1 Å². The number of hydrogen-bond acceptors (Lipinski definition) is 7. The molecule has 144 valence electrons. The fourth-order valence-electron chi connectivity index (χ4n) is 2.42. The molecule has 0 aliphatic heterocycles. The summed E-state index contributed by atoms with van der Waals surface area (Å²) in [6.45, 7) is 2.05. The van der Waals surface area contributed by atoms with Crippen LogP contribution >= 0.6 is 11.3 Å². The molecule has 0 bridgehead atoms. The Morgan fingerprint density at radius 2 is 1.93 bits per heavy atom. The molecule has 2 heterocycles. The van der Waals surface area contributed by atoms with Gasteiger partial charge in [0.25, 0.3) is 0 Å². The first kappa shape index (κ1) is 19.5. The van der Waals surface area contributed by atoms with Crippen molar-refractivity contribution in [1.29, 1.82) is 0 Å². The number of anilines is 3. The van der Waals surface area contributed by atoms with Crippen LogP contribution in [-0.4, -0.2) is 28.5 Å². The molecule has 2 aromatic heterocycles. The molecule has 0 aliphatic rings. The lowest BCUT2D eigenvalue weighted by atomic mass is 10.1. The molecule has 1 aromatic carbocycles. The molecule has 0 radical (unpaired) electrons. The maximum Gasteiger partial charge on any atom is 0.306 e. The number of carbonyl (C=O) groups excluding carboxylic acids is 2. The molecule has 8 heteroatoms. The number of hydrogen-bond donors (Lipinski definition) is 2. The van der Waals surface area contributed by atoms with E-state index in [0.29, 0.717) is 12.3 Å². The van der Waals surface area contributed by atoms with Gasteiger partial charge >= 0.3 is 5.97 Å². The standard InChI is InChI=1S/C20H20N4O3S/c1-2-27-19(26)10-9-18(25)22-15-7-5-14(6-8-15)17-13-28-20(24-17)23-16-4-3-11-21-12-16/h3-8,11-13H,2,9-10H2,1H3,(H,22,25)(H,23,24). The third-order valence-electron chi connectivity index (χ3n) is 3.74. The van der Waals surface area contributed by atoms with Gasteiger partial charge in [-0.2, -0.15) is 0 Å². The average Bonchev–Trinajstić information content (AvgIpc) is 3.16. The fraction of sp³-hybridized carbons (Fsp3) is 0.200. The topological polar surface area (TPSA) is 93.2 Å². The third kappa shape index (κ3) is 5.62. The maximum absolute atomic E-state index is 11.9. The van der Waals surface area contributed by atoms with E-state index >= 15 is 0 Å². The average molecular weight is 396 g/mol. The Hall–Kier alpha value is -3.26. The largest absolute Gasteiger partial charge is 0.466 e. The van der Waals surface area contributed by atoms with Gasteiger partial charge in [-0.1, -0.05) is 12.1 Å². The molecule has 3 rings (SSSR count). The first-order chi connectivity index (χ1) is 13.6. The van der Waals surface area contributed by atoms with Crippen LogP contribution in [-0.2, 0) is 14.3 Å². The zero-order valence-electron chi connectivity index (χ0n) is 15.3. The van der Waals surface area contributed by atoms with Gasteiger partial charge in [0.15, 0.2) is 5.13 Å². The van der Waals surface area contributed by atoms with Crippen molar-refractivity contribution in [2.75, 3.05) is 17.2 Å². The number of rotatable bonds is 8. The minimum Gasteiger partial charge on any atom is -0.466 e. The van der Waals surface area contributed by atoms with Crippen LogP contribution in [0.2, 0.25) is 0 Å². The van der Waals surface area contributed by atoms with Gasteiger partial charge in [0.1, 0.15) is 0 Å². The van der Waals surface area contributed by atoms with Crippen molar-refractivity contribution < 1.29 is 14.3 Å². The number of pyridine rings is 1. The minimum absolute atomic E-state index is 0.0727. The molecule has 2 N–H and O–H groups in total. The monoisotopic (exact) mass is 396 g/mol. The van der Waals surface area contributed by atoms with Crippen molar-refractivity contribution in [1.82, 2.24) is 9.97 Å². The number of nitrogens with zero attached hydrogens (tertiary/aromatic N) is 2. The highest BCUT2D eigenvalue weighted by Gasteiger charge is 2.09.